The van der Waals surface area contributed by atoms with Crippen LogP contribution in [0.4, 0.5) is 5.69 Å². The monoisotopic (exact) mass is 238 g/mol. The first-order chi connectivity index (χ1) is 7.68. The van der Waals surface area contributed by atoms with Crippen LogP contribution in [0, 0.1) is 0 Å². The Hall–Kier alpha value is -0.730. The normalized spacial score (nSPS) is 18.7. The van der Waals surface area contributed by atoms with E-state index in [0.717, 1.165) is 10.7 Å². The summed E-state index contributed by atoms with van der Waals surface area (Å²) in [6, 6.07) is 8.71. The van der Waals surface area contributed by atoms with Gasteiger partial charge in [0.2, 0.25) is 0 Å². The lowest BCUT2D eigenvalue weighted by atomic mass is 10.0. The van der Waals surface area contributed by atoms with Crippen LogP contribution < -0.4 is 4.90 Å². The Kier molecular flexibility index (Phi) is 3.72. The number of halogens is 1. The number of hydrogen-bond acceptors (Lipinski definition) is 2. The predicted octanol–water partition coefficient (Wildman–Crippen LogP) is 2.87. The molecule has 0 spiro atoms. The fourth-order valence-corrected chi connectivity index (χ4v) is 2.59. The molecule has 0 radical (unpaired) electrons. The van der Waals surface area contributed by atoms with Gasteiger partial charge in [0.1, 0.15) is 0 Å². The van der Waals surface area contributed by atoms with Crippen molar-refractivity contribution < 1.29 is 0 Å². The molecule has 2 rings (SSSR count). The second-order valence-corrected chi connectivity index (χ2v) is 5.00. The van der Waals surface area contributed by atoms with Gasteiger partial charge in [0.15, 0.2) is 0 Å². The van der Waals surface area contributed by atoms with Gasteiger partial charge >= 0.3 is 0 Å². The number of rotatable bonds is 2. The Morgan fingerprint density at radius 3 is 2.50 bits per heavy atom. The van der Waals surface area contributed by atoms with Gasteiger partial charge in [-0.25, -0.2) is 0 Å². The summed E-state index contributed by atoms with van der Waals surface area (Å²) in [6.07, 6.45) is 2.44. The van der Waals surface area contributed by atoms with Crippen LogP contribution in [0.5, 0.6) is 0 Å². The average Bonchev–Trinajstić information content (AvgIpc) is 2.30. The highest BCUT2D eigenvalue weighted by atomic mass is 35.5. The molecule has 0 N–H and O–H groups in total. The molecule has 0 unspecified atom stereocenters. The van der Waals surface area contributed by atoms with Crippen molar-refractivity contribution in [2.45, 2.75) is 18.9 Å². The van der Waals surface area contributed by atoms with Crippen LogP contribution in [-0.2, 0) is 0 Å². The Morgan fingerprint density at radius 2 is 1.88 bits per heavy atom. The second-order valence-electron chi connectivity index (χ2n) is 4.60. The Bertz CT molecular complexity index is 346. The van der Waals surface area contributed by atoms with E-state index >= 15 is 0 Å². The molecule has 3 heteroatoms. The SMILES string of the molecule is CN1CCC(N(C)c2ccccc2Cl)CC1. The minimum Gasteiger partial charge on any atom is -0.370 e. The maximum Gasteiger partial charge on any atom is 0.0639 e. The molecular formula is C13H19ClN2. The van der Waals surface area contributed by atoms with Gasteiger partial charge in [0, 0.05) is 13.1 Å². The number of likely N-dealkylation sites (tertiary alicyclic amines) is 1. The van der Waals surface area contributed by atoms with E-state index in [1.807, 2.05) is 18.2 Å². The Balaban J connectivity index is 2.07. The van der Waals surface area contributed by atoms with Crippen LogP contribution in [0.2, 0.25) is 5.02 Å². The van der Waals surface area contributed by atoms with Gasteiger partial charge in [-0.3, -0.25) is 0 Å². The molecule has 16 heavy (non-hydrogen) atoms. The quantitative estimate of drug-likeness (QED) is 0.782. The molecule has 0 atom stereocenters. The van der Waals surface area contributed by atoms with Crippen LogP contribution in [0.15, 0.2) is 24.3 Å². The fraction of sp³-hybridized carbons (Fsp3) is 0.538. The van der Waals surface area contributed by atoms with Crippen molar-refractivity contribution in [3.63, 3.8) is 0 Å². The third-order valence-corrected chi connectivity index (χ3v) is 3.79. The summed E-state index contributed by atoms with van der Waals surface area (Å²) in [5, 5.41) is 0.851. The van der Waals surface area contributed by atoms with E-state index in [-0.39, 0.29) is 0 Å². The van der Waals surface area contributed by atoms with Crippen LogP contribution >= 0.6 is 11.6 Å². The number of anilines is 1. The first-order valence-electron chi connectivity index (χ1n) is 5.84. The summed E-state index contributed by atoms with van der Waals surface area (Å²) in [7, 11) is 4.34. The van der Waals surface area contributed by atoms with Crippen LogP contribution in [0.25, 0.3) is 0 Å². The number of para-hydroxylation sites is 1. The molecule has 1 fully saturated rings. The van der Waals surface area contributed by atoms with Crippen molar-refractivity contribution in [3.8, 4) is 0 Å². The minimum atomic E-state index is 0.621. The standard InChI is InChI=1S/C13H19ClN2/c1-15-9-7-11(8-10-15)16(2)13-6-4-3-5-12(13)14/h3-6,11H,7-10H2,1-2H3. The Morgan fingerprint density at radius 1 is 1.25 bits per heavy atom. The summed E-state index contributed by atoms with van der Waals surface area (Å²) in [5.74, 6) is 0. The van der Waals surface area contributed by atoms with Gasteiger partial charge in [0.25, 0.3) is 0 Å². The zero-order chi connectivity index (χ0) is 11.5. The molecule has 2 nitrogen and oxygen atoms in total. The molecule has 0 aromatic heterocycles. The van der Waals surface area contributed by atoms with Crippen LogP contribution in [0.3, 0.4) is 0 Å². The van der Waals surface area contributed by atoms with Crippen molar-refractivity contribution in [3.05, 3.63) is 29.3 Å². The first kappa shape index (κ1) is 11.7. The minimum absolute atomic E-state index is 0.621. The molecule has 0 saturated carbocycles. The average molecular weight is 239 g/mol. The van der Waals surface area contributed by atoms with Crippen molar-refractivity contribution in [2.75, 3.05) is 32.1 Å². The van der Waals surface area contributed by atoms with Gasteiger partial charge in [-0.05, 0) is 45.1 Å². The second kappa shape index (κ2) is 5.07. The van der Waals surface area contributed by atoms with E-state index in [1.54, 1.807) is 0 Å². The zero-order valence-electron chi connectivity index (χ0n) is 9.99. The molecule has 0 amide bonds. The number of piperidine rings is 1. The van der Waals surface area contributed by atoms with Crippen molar-refractivity contribution in [2.24, 2.45) is 0 Å². The summed E-state index contributed by atoms with van der Waals surface area (Å²) < 4.78 is 0. The van der Waals surface area contributed by atoms with Crippen molar-refractivity contribution in [1.82, 2.24) is 4.90 Å². The molecular weight excluding hydrogens is 220 g/mol. The van der Waals surface area contributed by atoms with Gasteiger partial charge in [0.05, 0.1) is 10.7 Å². The van der Waals surface area contributed by atoms with E-state index in [2.05, 4.69) is 30.0 Å². The van der Waals surface area contributed by atoms with E-state index in [1.165, 1.54) is 25.9 Å². The lowest BCUT2D eigenvalue weighted by molar-refractivity contribution is 0.253. The van der Waals surface area contributed by atoms with Gasteiger partial charge < -0.3 is 9.80 Å². The molecule has 1 aromatic rings. The van der Waals surface area contributed by atoms with Gasteiger partial charge in [-0.2, -0.15) is 0 Å². The molecule has 88 valence electrons. The topological polar surface area (TPSA) is 6.48 Å². The maximum atomic E-state index is 6.21. The molecule has 0 bridgehead atoms. The number of benzene rings is 1. The van der Waals surface area contributed by atoms with E-state index in [4.69, 9.17) is 11.6 Å². The number of nitrogens with zero attached hydrogens (tertiary/aromatic N) is 2. The summed E-state index contributed by atoms with van der Waals surface area (Å²) >= 11 is 6.21. The molecule has 1 aliphatic heterocycles. The third-order valence-electron chi connectivity index (χ3n) is 3.47. The lowest BCUT2D eigenvalue weighted by Gasteiger charge is -2.36. The van der Waals surface area contributed by atoms with Crippen LogP contribution in [-0.4, -0.2) is 38.1 Å². The first-order valence-corrected chi connectivity index (χ1v) is 6.22. The fourth-order valence-electron chi connectivity index (χ4n) is 2.32. The smallest absolute Gasteiger partial charge is 0.0639 e. The maximum absolute atomic E-state index is 6.21. The molecule has 1 heterocycles. The Labute approximate surface area is 103 Å². The lowest BCUT2D eigenvalue weighted by Crippen LogP contribution is -2.42. The molecule has 1 saturated heterocycles. The molecule has 1 aliphatic rings. The molecule has 1 aromatic carbocycles. The van der Waals surface area contributed by atoms with Crippen molar-refractivity contribution in [1.29, 1.82) is 0 Å². The highest BCUT2D eigenvalue weighted by molar-refractivity contribution is 6.33. The summed E-state index contributed by atoms with van der Waals surface area (Å²) in [6.45, 7) is 2.36. The van der Waals surface area contributed by atoms with E-state index in [0.29, 0.717) is 6.04 Å². The largest absolute Gasteiger partial charge is 0.370 e. The summed E-state index contributed by atoms with van der Waals surface area (Å²) in [5.41, 5.74) is 1.15. The molecule has 0 aliphatic carbocycles. The highest BCUT2D eigenvalue weighted by Crippen LogP contribution is 2.28. The zero-order valence-corrected chi connectivity index (χ0v) is 10.7. The van der Waals surface area contributed by atoms with Crippen molar-refractivity contribution >= 4 is 17.3 Å². The van der Waals surface area contributed by atoms with Gasteiger partial charge in [-0.15, -0.1) is 0 Å². The third kappa shape index (κ3) is 2.50. The predicted molar refractivity (Wildman–Crippen MR) is 70.4 cm³/mol. The summed E-state index contributed by atoms with van der Waals surface area (Å²) in [4.78, 5) is 4.71. The highest BCUT2D eigenvalue weighted by Gasteiger charge is 2.21. The van der Waals surface area contributed by atoms with Gasteiger partial charge in [-0.1, -0.05) is 23.7 Å². The van der Waals surface area contributed by atoms with E-state index in [9.17, 15) is 0 Å². The van der Waals surface area contributed by atoms with E-state index < -0.39 is 0 Å². The number of hydrogen-bond donors (Lipinski definition) is 0. The van der Waals surface area contributed by atoms with Crippen LogP contribution in [0.1, 0.15) is 12.8 Å².